The van der Waals surface area contributed by atoms with Gasteiger partial charge in [-0.05, 0) is 25.1 Å². The van der Waals surface area contributed by atoms with E-state index in [1.165, 1.54) is 5.56 Å². The van der Waals surface area contributed by atoms with Crippen LogP contribution in [0.5, 0.6) is 0 Å². The number of nitrogen functional groups attached to an aromatic ring is 1. The lowest BCUT2D eigenvalue weighted by atomic mass is 10.2. The van der Waals surface area contributed by atoms with Crippen molar-refractivity contribution in [2.75, 3.05) is 5.73 Å². The third-order valence-electron chi connectivity index (χ3n) is 2.63. The quantitative estimate of drug-likeness (QED) is 0.691. The van der Waals surface area contributed by atoms with Gasteiger partial charge in [0.15, 0.2) is 11.6 Å². The molecule has 3 rings (SSSR count). The summed E-state index contributed by atoms with van der Waals surface area (Å²) in [7, 11) is 0. The molecule has 4 nitrogen and oxygen atoms in total. The Morgan fingerprint density at radius 2 is 1.94 bits per heavy atom. The van der Waals surface area contributed by atoms with Gasteiger partial charge in [0.25, 0.3) is 0 Å². The molecule has 0 saturated heterocycles. The molecule has 0 amide bonds. The number of rotatable bonds is 1. The number of hydrogen-bond donors (Lipinski definition) is 1. The molecule has 0 bridgehead atoms. The summed E-state index contributed by atoms with van der Waals surface area (Å²) in [4.78, 5) is 8.18. The maximum Gasteiger partial charge on any atom is 0.157 e. The summed E-state index contributed by atoms with van der Waals surface area (Å²) in [5.41, 5.74) is 8.38. The Bertz CT molecular complexity index is 688. The van der Waals surface area contributed by atoms with E-state index in [1.807, 2.05) is 25.1 Å². The van der Waals surface area contributed by atoms with Crippen molar-refractivity contribution in [1.29, 1.82) is 0 Å². The lowest BCUT2D eigenvalue weighted by Gasteiger charge is -1.97. The third kappa shape index (κ3) is 1.63. The van der Waals surface area contributed by atoms with Crippen molar-refractivity contribution in [1.82, 2.24) is 9.97 Å². The lowest BCUT2D eigenvalue weighted by Crippen LogP contribution is -1.94. The summed E-state index contributed by atoms with van der Waals surface area (Å²) in [6.45, 7) is 2.04. The molecule has 0 fully saturated rings. The number of aryl methyl sites for hydroxylation is 1. The van der Waals surface area contributed by atoms with Gasteiger partial charge in [-0.15, -0.1) is 0 Å². The number of nitrogens with zero attached hydrogens (tertiary/aromatic N) is 2. The maximum absolute atomic E-state index is 5.77. The number of anilines is 1. The smallest absolute Gasteiger partial charge is 0.157 e. The molecule has 2 aromatic heterocycles. The summed E-state index contributed by atoms with van der Waals surface area (Å²) in [5.74, 6) is 1.03. The van der Waals surface area contributed by atoms with Crippen LogP contribution in [0.25, 0.3) is 22.4 Å². The first kappa shape index (κ1) is 9.84. The van der Waals surface area contributed by atoms with E-state index >= 15 is 0 Å². The summed E-state index contributed by atoms with van der Waals surface area (Å²) in [6.07, 6.45) is 3.16. The van der Waals surface area contributed by atoms with E-state index < -0.39 is 0 Å². The predicted molar refractivity (Wildman–Crippen MR) is 66.4 cm³/mol. The fourth-order valence-corrected chi connectivity index (χ4v) is 1.82. The second-order valence-electron chi connectivity index (χ2n) is 3.94. The minimum absolute atomic E-state index is 0.378. The van der Waals surface area contributed by atoms with Gasteiger partial charge in [0, 0.05) is 17.8 Å². The Morgan fingerprint density at radius 1 is 1.12 bits per heavy atom. The maximum atomic E-state index is 5.77. The molecule has 0 saturated carbocycles. The molecule has 17 heavy (non-hydrogen) atoms. The van der Waals surface area contributed by atoms with E-state index in [0.717, 1.165) is 11.0 Å². The number of fused-ring (bicyclic) bond motifs is 1. The highest BCUT2D eigenvalue weighted by atomic mass is 16.3. The Kier molecular flexibility index (Phi) is 2.08. The summed E-state index contributed by atoms with van der Waals surface area (Å²) < 4.78 is 5.71. The molecule has 2 heterocycles. The summed E-state index contributed by atoms with van der Waals surface area (Å²) in [5, 5.41) is 1.05. The molecule has 0 unspecified atom stereocenters. The molecule has 0 radical (unpaired) electrons. The molecule has 0 spiro atoms. The van der Waals surface area contributed by atoms with Gasteiger partial charge >= 0.3 is 0 Å². The monoisotopic (exact) mass is 225 g/mol. The summed E-state index contributed by atoms with van der Waals surface area (Å²) in [6, 6.07) is 7.95. The number of benzene rings is 1. The van der Waals surface area contributed by atoms with E-state index in [4.69, 9.17) is 10.2 Å². The highest BCUT2D eigenvalue weighted by Gasteiger charge is 2.10. The van der Waals surface area contributed by atoms with E-state index in [0.29, 0.717) is 17.3 Å². The minimum atomic E-state index is 0.378. The average Bonchev–Trinajstić information content (AvgIpc) is 2.72. The zero-order valence-corrected chi connectivity index (χ0v) is 9.34. The zero-order valence-electron chi connectivity index (χ0n) is 9.34. The molecule has 0 aliphatic carbocycles. The Labute approximate surface area is 98.1 Å². The molecular formula is C13H11N3O. The molecule has 2 N–H and O–H groups in total. The minimum Gasteiger partial charge on any atom is -0.454 e. The molecule has 3 aromatic rings. The Balaban J connectivity index is 2.22. The first-order valence-electron chi connectivity index (χ1n) is 5.31. The van der Waals surface area contributed by atoms with E-state index in [1.54, 1.807) is 12.4 Å². The topological polar surface area (TPSA) is 64.9 Å². The second-order valence-corrected chi connectivity index (χ2v) is 3.94. The van der Waals surface area contributed by atoms with Gasteiger partial charge < -0.3 is 10.2 Å². The second kappa shape index (κ2) is 3.59. The van der Waals surface area contributed by atoms with E-state index in [-0.39, 0.29) is 0 Å². The van der Waals surface area contributed by atoms with Crippen LogP contribution in [0.4, 0.5) is 5.82 Å². The van der Waals surface area contributed by atoms with Gasteiger partial charge in [0.1, 0.15) is 11.3 Å². The molecule has 0 aliphatic rings. The number of hydrogen-bond acceptors (Lipinski definition) is 4. The van der Waals surface area contributed by atoms with Crippen LogP contribution in [0.15, 0.2) is 41.1 Å². The van der Waals surface area contributed by atoms with Gasteiger partial charge in [0.05, 0.1) is 0 Å². The van der Waals surface area contributed by atoms with Crippen LogP contribution in [0.3, 0.4) is 0 Å². The predicted octanol–water partition coefficient (Wildman–Crippen LogP) is 2.78. The first-order valence-corrected chi connectivity index (χ1v) is 5.31. The molecule has 4 heteroatoms. The van der Waals surface area contributed by atoms with Gasteiger partial charge in [-0.1, -0.05) is 11.6 Å². The van der Waals surface area contributed by atoms with Gasteiger partial charge in [-0.3, -0.25) is 0 Å². The highest BCUT2D eigenvalue weighted by molar-refractivity contribution is 5.84. The standard InChI is InChI=1S/C13H11N3O/c1-8-2-3-10-9(6-8)7-11(17-10)12-13(14)16-5-4-15-12/h2-7H,1H3,(H2,14,16). The Hall–Kier alpha value is -2.36. The van der Waals surface area contributed by atoms with E-state index in [9.17, 15) is 0 Å². The van der Waals surface area contributed by atoms with Crippen molar-refractivity contribution in [3.05, 3.63) is 42.2 Å². The SMILES string of the molecule is Cc1ccc2oc(-c3nccnc3N)cc2c1. The van der Waals surface area contributed by atoms with Crippen LogP contribution in [0.2, 0.25) is 0 Å². The molecule has 0 aliphatic heterocycles. The number of furan rings is 1. The number of nitrogens with two attached hydrogens (primary N) is 1. The molecule has 0 atom stereocenters. The number of aromatic nitrogens is 2. The van der Waals surface area contributed by atoms with Crippen LogP contribution in [0.1, 0.15) is 5.56 Å². The van der Waals surface area contributed by atoms with Crippen LogP contribution in [0, 0.1) is 6.92 Å². The van der Waals surface area contributed by atoms with Crippen molar-refractivity contribution in [2.24, 2.45) is 0 Å². The normalized spacial score (nSPS) is 10.9. The summed E-state index contributed by atoms with van der Waals surface area (Å²) >= 11 is 0. The molecular weight excluding hydrogens is 214 g/mol. The molecule has 1 aromatic carbocycles. The van der Waals surface area contributed by atoms with Crippen LogP contribution >= 0.6 is 0 Å². The average molecular weight is 225 g/mol. The highest BCUT2D eigenvalue weighted by Crippen LogP contribution is 2.29. The first-order chi connectivity index (χ1) is 8.24. The van der Waals surface area contributed by atoms with Crippen molar-refractivity contribution in [3.8, 4) is 11.5 Å². The van der Waals surface area contributed by atoms with Gasteiger partial charge in [0.2, 0.25) is 0 Å². The van der Waals surface area contributed by atoms with Crippen LogP contribution in [-0.2, 0) is 0 Å². The van der Waals surface area contributed by atoms with Crippen LogP contribution < -0.4 is 5.73 Å². The van der Waals surface area contributed by atoms with Crippen molar-refractivity contribution in [3.63, 3.8) is 0 Å². The van der Waals surface area contributed by atoms with Crippen LogP contribution in [-0.4, -0.2) is 9.97 Å². The van der Waals surface area contributed by atoms with E-state index in [2.05, 4.69) is 16.0 Å². The van der Waals surface area contributed by atoms with Crippen molar-refractivity contribution in [2.45, 2.75) is 6.92 Å². The fraction of sp³-hybridized carbons (Fsp3) is 0.0769. The van der Waals surface area contributed by atoms with Crippen molar-refractivity contribution < 1.29 is 4.42 Å². The van der Waals surface area contributed by atoms with Gasteiger partial charge in [-0.25, -0.2) is 9.97 Å². The molecule has 84 valence electrons. The third-order valence-corrected chi connectivity index (χ3v) is 2.63. The largest absolute Gasteiger partial charge is 0.454 e. The lowest BCUT2D eigenvalue weighted by molar-refractivity contribution is 0.628. The Morgan fingerprint density at radius 3 is 2.76 bits per heavy atom. The van der Waals surface area contributed by atoms with Crippen molar-refractivity contribution >= 4 is 16.8 Å². The zero-order chi connectivity index (χ0) is 11.8. The van der Waals surface area contributed by atoms with Gasteiger partial charge in [-0.2, -0.15) is 0 Å². The fourth-order valence-electron chi connectivity index (χ4n) is 1.82.